The van der Waals surface area contributed by atoms with Crippen molar-refractivity contribution in [3.05, 3.63) is 60.2 Å². The van der Waals surface area contributed by atoms with Gasteiger partial charge in [0.25, 0.3) is 0 Å². The van der Waals surface area contributed by atoms with E-state index in [9.17, 15) is 0 Å². The fourth-order valence-corrected chi connectivity index (χ4v) is 6.22. The first-order chi connectivity index (χ1) is 12.7. The van der Waals surface area contributed by atoms with Crippen LogP contribution in [0.15, 0.2) is 54.6 Å². The van der Waals surface area contributed by atoms with Crippen molar-refractivity contribution in [1.29, 1.82) is 0 Å². The van der Waals surface area contributed by atoms with Crippen molar-refractivity contribution in [3.8, 4) is 0 Å². The van der Waals surface area contributed by atoms with Crippen molar-refractivity contribution >= 4 is 30.3 Å². The summed E-state index contributed by atoms with van der Waals surface area (Å²) in [5, 5.41) is 5.16. The molecule has 0 saturated heterocycles. The Morgan fingerprint density at radius 3 is 1.62 bits per heavy atom. The molecule has 0 N–H and O–H groups in total. The summed E-state index contributed by atoms with van der Waals surface area (Å²) in [6, 6.07) is 20.3. The van der Waals surface area contributed by atoms with Crippen molar-refractivity contribution in [2.75, 3.05) is 19.8 Å². The summed E-state index contributed by atoms with van der Waals surface area (Å²) in [4.78, 5) is 0. The molecule has 0 unspecified atom stereocenters. The van der Waals surface area contributed by atoms with Crippen LogP contribution >= 0.6 is 0 Å². The van der Waals surface area contributed by atoms with Crippen molar-refractivity contribution in [2.24, 2.45) is 0 Å². The topological polar surface area (TPSA) is 27.7 Å². The number of rotatable bonds is 9. The highest BCUT2D eigenvalue weighted by Crippen LogP contribution is 2.31. The first-order valence-corrected chi connectivity index (χ1v) is 11.5. The number of aryl methyl sites for hydroxylation is 1. The summed E-state index contributed by atoms with van der Waals surface area (Å²) in [6.45, 7) is 7.86. The second-order valence-corrected chi connectivity index (χ2v) is 9.01. The maximum absolute atomic E-state index is 6.05. The van der Waals surface area contributed by atoms with E-state index in [-0.39, 0.29) is 0 Å². The van der Waals surface area contributed by atoms with Gasteiger partial charge in [0, 0.05) is 25.9 Å². The number of fused-ring (bicyclic) bond motifs is 2. The molecule has 0 aliphatic carbocycles. The van der Waals surface area contributed by atoms with E-state index in [2.05, 4.69) is 54.6 Å². The Balaban J connectivity index is 2.02. The third-order valence-corrected chi connectivity index (χ3v) is 7.70. The molecule has 4 heteroatoms. The molecule has 0 fully saturated rings. The molecule has 3 aromatic carbocycles. The van der Waals surface area contributed by atoms with Gasteiger partial charge < -0.3 is 13.3 Å². The molecular formula is C22H28O3Si. The average molecular weight is 369 g/mol. The predicted molar refractivity (Wildman–Crippen MR) is 111 cm³/mol. The van der Waals surface area contributed by atoms with Crippen LogP contribution in [0.2, 0.25) is 6.04 Å². The van der Waals surface area contributed by atoms with Gasteiger partial charge in [0.05, 0.1) is 0 Å². The molecule has 138 valence electrons. The molecule has 0 aromatic heterocycles. The Hall–Kier alpha value is -1.72. The van der Waals surface area contributed by atoms with E-state index in [1.807, 2.05) is 20.8 Å². The smallest absolute Gasteiger partial charge is 0.374 e. The monoisotopic (exact) mass is 368 g/mol. The van der Waals surface area contributed by atoms with Gasteiger partial charge >= 0.3 is 8.80 Å². The van der Waals surface area contributed by atoms with Crippen LogP contribution in [0.25, 0.3) is 21.5 Å². The van der Waals surface area contributed by atoms with Crippen LogP contribution in [0.1, 0.15) is 26.3 Å². The van der Waals surface area contributed by atoms with E-state index in [0.29, 0.717) is 19.8 Å². The first kappa shape index (κ1) is 19.0. The molecule has 0 spiro atoms. The summed E-state index contributed by atoms with van der Waals surface area (Å²) >= 11 is 0. The van der Waals surface area contributed by atoms with Crippen molar-refractivity contribution in [3.63, 3.8) is 0 Å². The lowest BCUT2D eigenvalue weighted by Crippen LogP contribution is -2.46. The highest BCUT2D eigenvalue weighted by atomic mass is 28.4. The molecule has 0 aliphatic heterocycles. The van der Waals surface area contributed by atoms with Gasteiger partial charge in [-0.15, -0.1) is 0 Å². The second kappa shape index (κ2) is 8.78. The lowest BCUT2D eigenvalue weighted by molar-refractivity contribution is 0.0714. The van der Waals surface area contributed by atoms with Crippen LogP contribution in [0.5, 0.6) is 0 Å². The van der Waals surface area contributed by atoms with Crippen molar-refractivity contribution in [1.82, 2.24) is 0 Å². The quantitative estimate of drug-likeness (QED) is 0.364. The van der Waals surface area contributed by atoms with Crippen LogP contribution < -0.4 is 0 Å². The zero-order valence-electron chi connectivity index (χ0n) is 16.0. The maximum Gasteiger partial charge on any atom is 0.501 e. The van der Waals surface area contributed by atoms with Crippen LogP contribution in [0, 0.1) is 0 Å². The minimum atomic E-state index is -2.65. The lowest BCUT2D eigenvalue weighted by atomic mass is 9.95. The van der Waals surface area contributed by atoms with Crippen LogP contribution in [-0.2, 0) is 19.7 Å². The summed E-state index contributed by atoms with van der Waals surface area (Å²) in [7, 11) is -2.65. The van der Waals surface area contributed by atoms with Gasteiger partial charge in [-0.2, -0.15) is 0 Å². The largest absolute Gasteiger partial charge is 0.501 e. The second-order valence-electron chi connectivity index (χ2n) is 6.28. The van der Waals surface area contributed by atoms with Gasteiger partial charge in [0.2, 0.25) is 0 Å². The molecule has 0 heterocycles. The minimum absolute atomic E-state index is 0.614. The summed E-state index contributed by atoms with van der Waals surface area (Å²) < 4.78 is 18.2. The summed E-state index contributed by atoms with van der Waals surface area (Å²) in [5.74, 6) is 0. The van der Waals surface area contributed by atoms with E-state index in [0.717, 1.165) is 12.5 Å². The van der Waals surface area contributed by atoms with Gasteiger partial charge in [0.15, 0.2) is 0 Å². The Labute approximate surface area is 157 Å². The van der Waals surface area contributed by atoms with E-state index in [1.165, 1.54) is 27.1 Å². The molecule has 0 saturated carbocycles. The molecule has 0 radical (unpaired) electrons. The predicted octanol–water partition coefficient (Wildman–Crippen LogP) is 5.58. The van der Waals surface area contributed by atoms with Gasteiger partial charge in [-0.05, 0) is 60.4 Å². The SMILES string of the molecule is CCO[Si](CCc1c2ccccc2cc2ccccc12)(OCC)OCC. The van der Waals surface area contributed by atoms with Crippen LogP contribution in [0.3, 0.4) is 0 Å². The van der Waals surface area contributed by atoms with Crippen molar-refractivity contribution in [2.45, 2.75) is 33.2 Å². The van der Waals surface area contributed by atoms with Gasteiger partial charge in [-0.25, -0.2) is 0 Å². The molecule has 3 nitrogen and oxygen atoms in total. The fraction of sp³-hybridized carbons (Fsp3) is 0.364. The Kier molecular flexibility index (Phi) is 6.43. The molecule has 0 bridgehead atoms. The molecule has 3 rings (SSSR count). The van der Waals surface area contributed by atoms with Crippen molar-refractivity contribution < 1.29 is 13.3 Å². The lowest BCUT2D eigenvalue weighted by Gasteiger charge is -2.28. The molecule has 0 aliphatic rings. The third kappa shape index (κ3) is 3.99. The number of benzene rings is 3. The van der Waals surface area contributed by atoms with E-state index in [1.54, 1.807) is 0 Å². The molecule has 0 amide bonds. The molecular weight excluding hydrogens is 340 g/mol. The standard InChI is InChI=1S/C22H28O3Si/c1-4-23-26(24-5-2,25-6-3)16-15-22-20-13-9-7-11-18(20)17-19-12-8-10-14-21(19)22/h7-14,17H,4-6,15-16H2,1-3H3. The maximum atomic E-state index is 6.05. The highest BCUT2D eigenvalue weighted by molar-refractivity contribution is 6.60. The number of hydrogen-bond donors (Lipinski definition) is 0. The Bertz CT molecular complexity index is 791. The molecule has 26 heavy (non-hydrogen) atoms. The minimum Gasteiger partial charge on any atom is -0.374 e. The first-order valence-electron chi connectivity index (χ1n) is 9.54. The van der Waals surface area contributed by atoms with E-state index in [4.69, 9.17) is 13.3 Å². The average Bonchev–Trinajstić information content (AvgIpc) is 2.66. The van der Waals surface area contributed by atoms with E-state index >= 15 is 0 Å². The van der Waals surface area contributed by atoms with Gasteiger partial charge in [0.1, 0.15) is 0 Å². The fourth-order valence-electron chi connectivity index (χ4n) is 3.66. The van der Waals surface area contributed by atoms with Crippen LogP contribution in [0.4, 0.5) is 0 Å². The Morgan fingerprint density at radius 2 is 1.15 bits per heavy atom. The normalized spacial score (nSPS) is 12.1. The van der Waals surface area contributed by atoms with Gasteiger partial charge in [-0.3, -0.25) is 0 Å². The third-order valence-electron chi connectivity index (χ3n) is 4.66. The number of hydrogen-bond acceptors (Lipinski definition) is 3. The molecule has 0 atom stereocenters. The molecule has 3 aromatic rings. The van der Waals surface area contributed by atoms with Crippen LogP contribution in [-0.4, -0.2) is 28.6 Å². The summed E-state index contributed by atoms with van der Waals surface area (Å²) in [5.41, 5.74) is 1.36. The summed E-state index contributed by atoms with van der Waals surface area (Å²) in [6.07, 6.45) is 0.883. The zero-order chi connectivity index (χ0) is 18.4. The highest BCUT2D eigenvalue weighted by Gasteiger charge is 2.40. The van der Waals surface area contributed by atoms with E-state index < -0.39 is 8.80 Å². The van der Waals surface area contributed by atoms with Gasteiger partial charge in [-0.1, -0.05) is 48.5 Å². The zero-order valence-corrected chi connectivity index (χ0v) is 17.0. The Morgan fingerprint density at radius 1 is 0.692 bits per heavy atom.